The van der Waals surface area contributed by atoms with Crippen LogP contribution in [0.25, 0.3) is 0 Å². The van der Waals surface area contributed by atoms with Gasteiger partial charge in [-0.3, -0.25) is 5.10 Å². The van der Waals surface area contributed by atoms with Crippen LogP contribution in [0.5, 0.6) is 0 Å². The van der Waals surface area contributed by atoms with E-state index in [0.29, 0.717) is 11.6 Å². The molecule has 7 rings (SSSR count). The first kappa shape index (κ1) is 19.3. The lowest BCUT2D eigenvalue weighted by Gasteiger charge is -2.52. The number of allylic oxidation sites excluding steroid dienone is 1. The molecule has 5 nitrogen and oxygen atoms in total. The highest BCUT2D eigenvalue weighted by Crippen LogP contribution is 2.63. The second-order valence-electron chi connectivity index (χ2n) is 12.1. The number of nitrogens with zero attached hydrogens (tertiary/aromatic N) is 2. The summed E-state index contributed by atoms with van der Waals surface area (Å²) in [5.74, 6) is 3.37. The Balaban J connectivity index is 1.18. The van der Waals surface area contributed by atoms with Gasteiger partial charge >= 0.3 is 0 Å². The van der Waals surface area contributed by atoms with Crippen molar-refractivity contribution >= 4 is 0 Å². The SMILES string of the molecule is CC1=C2CC3C(CCC4Cc5[nH]ncc5CC43C)C2CCC2(CNN3CCCC3O2)C1. The van der Waals surface area contributed by atoms with Gasteiger partial charge in [-0.15, -0.1) is 0 Å². The van der Waals surface area contributed by atoms with Crippen LogP contribution < -0.4 is 5.43 Å². The van der Waals surface area contributed by atoms with E-state index < -0.39 is 0 Å². The van der Waals surface area contributed by atoms with Gasteiger partial charge in [0.2, 0.25) is 0 Å². The Hall–Kier alpha value is -1.17. The molecule has 31 heavy (non-hydrogen) atoms. The van der Waals surface area contributed by atoms with Crippen LogP contribution in [0.2, 0.25) is 0 Å². The molecule has 2 N–H and O–H groups in total. The smallest absolute Gasteiger partial charge is 0.123 e. The molecular weight excluding hydrogens is 384 g/mol. The largest absolute Gasteiger partial charge is 0.354 e. The van der Waals surface area contributed by atoms with Crippen molar-refractivity contribution in [3.8, 4) is 0 Å². The molecule has 7 unspecified atom stereocenters. The molecule has 0 radical (unpaired) electrons. The molecule has 0 bridgehead atoms. The fourth-order valence-corrected chi connectivity index (χ4v) is 9.01. The zero-order valence-corrected chi connectivity index (χ0v) is 19.3. The predicted molar refractivity (Wildman–Crippen MR) is 120 cm³/mol. The third-order valence-corrected chi connectivity index (χ3v) is 10.6. The molecule has 0 amide bonds. The molecule has 4 aliphatic carbocycles. The van der Waals surface area contributed by atoms with Crippen LogP contribution >= 0.6 is 0 Å². The molecule has 6 aliphatic rings. The van der Waals surface area contributed by atoms with Crippen molar-refractivity contribution in [2.45, 2.75) is 89.9 Å². The minimum absolute atomic E-state index is 0.0278. The topological polar surface area (TPSA) is 53.2 Å². The molecule has 2 saturated carbocycles. The fourth-order valence-electron chi connectivity index (χ4n) is 9.01. The van der Waals surface area contributed by atoms with E-state index in [1.807, 2.05) is 5.57 Å². The number of nitrogens with one attached hydrogen (secondary N) is 2. The van der Waals surface area contributed by atoms with E-state index in [1.165, 1.54) is 69.0 Å². The van der Waals surface area contributed by atoms with Crippen LogP contribution in [0.3, 0.4) is 0 Å². The Morgan fingerprint density at radius 3 is 3.03 bits per heavy atom. The molecule has 4 fully saturated rings. The maximum absolute atomic E-state index is 6.85. The predicted octanol–water partition coefficient (Wildman–Crippen LogP) is 4.37. The second kappa shape index (κ2) is 6.68. The van der Waals surface area contributed by atoms with E-state index in [9.17, 15) is 0 Å². The van der Waals surface area contributed by atoms with Gasteiger partial charge in [-0.1, -0.05) is 18.1 Å². The van der Waals surface area contributed by atoms with E-state index in [4.69, 9.17) is 4.74 Å². The van der Waals surface area contributed by atoms with Gasteiger partial charge in [0.05, 0.1) is 11.8 Å². The molecule has 7 atom stereocenters. The third-order valence-electron chi connectivity index (χ3n) is 10.6. The highest BCUT2D eigenvalue weighted by atomic mass is 16.5. The summed E-state index contributed by atoms with van der Waals surface area (Å²) in [5, 5.41) is 10.0. The summed E-state index contributed by atoms with van der Waals surface area (Å²) in [6.07, 6.45) is 15.2. The van der Waals surface area contributed by atoms with Crippen molar-refractivity contribution in [2.24, 2.45) is 29.1 Å². The van der Waals surface area contributed by atoms with Gasteiger partial charge in [0.1, 0.15) is 6.23 Å². The molecule has 0 aromatic carbocycles. The summed E-state index contributed by atoms with van der Waals surface area (Å²) in [4.78, 5) is 0. The van der Waals surface area contributed by atoms with Crippen LogP contribution in [0.1, 0.15) is 76.5 Å². The van der Waals surface area contributed by atoms with E-state index in [-0.39, 0.29) is 5.60 Å². The second-order valence-corrected chi connectivity index (χ2v) is 12.1. The Kier molecular flexibility index (Phi) is 4.16. The van der Waals surface area contributed by atoms with Crippen LogP contribution in [0.4, 0.5) is 0 Å². The first-order valence-electron chi connectivity index (χ1n) is 12.9. The number of aromatic amines is 1. The number of ether oxygens (including phenoxy) is 1. The summed E-state index contributed by atoms with van der Waals surface area (Å²) in [6.45, 7) is 7.23. The zero-order valence-electron chi connectivity index (χ0n) is 19.3. The highest BCUT2D eigenvalue weighted by Gasteiger charge is 2.57. The van der Waals surface area contributed by atoms with Gasteiger partial charge in [0, 0.05) is 18.8 Å². The number of rotatable bonds is 0. The maximum atomic E-state index is 6.85. The summed E-state index contributed by atoms with van der Waals surface area (Å²) in [5.41, 5.74) is 10.6. The van der Waals surface area contributed by atoms with Gasteiger partial charge in [0.15, 0.2) is 0 Å². The Labute approximate surface area is 186 Å². The first-order valence-corrected chi connectivity index (χ1v) is 12.9. The first-order chi connectivity index (χ1) is 15.0. The van der Waals surface area contributed by atoms with Crippen molar-refractivity contribution in [3.05, 3.63) is 28.6 Å². The number of hydrazine groups is 1. The summed E-state index contributed by atoms with van der Waals surface area (Å²) in [7, 11) is 0. The van der Waals surface area contributed by atoms with Gasteiger partial charge < -0.3 is 4.74 Å². The molecule has 1 aromatic heterocycles. The van der Waals surface area contributed by atoms with E-state index >= 15 is 0 Å². The Morgan fingerprint density at radius 2 is 2.10 bits per heavy atom. The highest BCUT2D eigenvalue weighted by molar-refractivity contribution is 5.31. The maximum Gasteiger partial charge on any atom is 0.123 e. The fraction of sp³-hybridized carbons (Fsp3) is 0.808. The van der Waals surface area contributed by atoms with Gasteiger partial charge in [-0.05, 0) is 106 Å². The summed E-state index contributed by atoms with van der Waals surface area (Å²) < 4.78 is 6.85. The lowest BCUT2D eigenvalue weighted by Crippen LogP contribution is -2.60. The average molecular weight is 423 g/mol. The van der Waals surface area contributed by atoms with Crippen LogP contribution in [0, 0.1) is 29.1 Å². The van der Waals surface area contributed by atoms with E-state index in [2.05, 4.69) is 40.7 Å². The molecule has 2 aliphatic heterocycles. The number of hydrogen-bond donors (Lipinski definition) is 2. The lowest BCUT2D eigenvalue weighted by atomic mass is 9.52. The summed E-state index contributed by atoms with van der Waals surface area (Å²) in [6, 6.07) is 0. The standard InChI is InChI=1S/C26H38N4O/c1-16-12-26(15-28-30-9-3-4-24(30)31-26)8-7-19-20-6-5-18-10-23-17(14-27-29-23)13-25(18,2)22(20)11-21(16)19/h14,18-20,22,24,28H,3-13,15H2,1-2H3,(H,27,29). The zero-order chi connectivity index (χ0) is 20.8. The van der Waals surface area contributed by atoms with Crippen molar-refractivity contribution in [1.29, 1.82) is 0 Å². The Bertz CT molecular complexity index is 922. The van der Waals surface area contributed by atoms with Crippen molar-refractivity contribution < 1.29 is 4.74 Å². The molecule has 2 saturated heterocycles. The number of fused-ring (bicyclic) bond motifs is 7. The molecule has 5 heteroatoms. The van der Waals surface area contributed by atoms with Gasteiger partial charge in [-0.25, -0.2) is 10.4 Å². The number of aromatic nitrogens is 2. The molecular formula is C26H38N4O. The van der Waals surface area contributed by atoms with Crippen molar-refractivity contribution in [3.63, 3.8) is 0 Å². The minimum Gasteiger partial charge on any atom is -0.354 e. The minimum atomic E-state index is 0.0278. The molecule has 1 aromatic rings. The van der Waals surface area contributed by atoms with Crippen LogP contribution in [0.15, 0.2) is 17.3 Å². The average Bonchev–Trinajstić information content (AvgIpc) is 3.46. The molecule has 3 heterocycles. The van der Waals surface area contributed by atoms with Crippen molar-refractivity contribution in [1.82, 2.24) is 20.6 Å². The normalized spacial score (nSPS) is 46.8. The lowest BCUT2D eigenvalue weighted by molar-refractivity contribution is -0.199. The Morgan fingerprint density at radius 1 is 1.16 bits per heavy atom. The van der Waals surface area contributed by atoms with Crippen molar-refractivity contribution in [2.75, 3.05) is 13.1 Å². The quantitative estimate of drug-likeness (QED) is 0.610. The number of H-pyrrole nitrogens is 1. The number of hydrogen-bond acceptors (Lipinski definition) is 4. The van der Waals surface area contributed by atoms with Crippen LogP contribution in [-0.4, -0.2) is 40.1 Å². The monoisotopic (exact) mass is 422 g/mol. The van der Waals surface area contributed by atoms with E-state index in [1.54, 1.807) is 5.57 Å². The molecule has 168 valence electrons. The van der Waals surface area contributed by atoms with Gasteiger partial charge in [0.25, 0.3) is 0 Å². The summed E-state index contributed by atoms with van der Waals surface area (Å²) >= 11 is 0. The molecule has 1 spiro atoms. The van der Waals surface area contributed by atoms with E-state index in [0.717, 1.165) is 43.2 Å². The third kappa shape index (κ3) is 2.75. The van der Waals surface area contributed by atoms with Crippen LogP contribution in [-0.2, 0) is 17.6 Å². The van der Waals surface area contributed by atoms with Gasteiger partial charge in [-0.2, -0.15) is 5.10 Å².